The fourth-order valence-electron chi connectivity index (χ4n) is 2.21. The highest BCUT2D eigenvalue weighted by Crippen LogP contribution is 2.29. The third-order valence-electron chi connectivity index (χ3n) is 2.96. The van der Waals surface area contributed by atoms with Gasteiger partial charge in [-0.2, -0.15) is 11.8 Å². The molecular formula is C13H20ClN3S. The van der Waals surface area contributed by atoms with Gasteiger partial charge in [0.15, 0.2) is 0 Å². The zero-order valence-corrected chi connectivity index (χ0v) is 12.9. The van der Waals surface area contributed by atoms with Gasteiger partial charge in [-0.05, 0) is 0 Å². The Balaban J connectivity index is 2.26. The van der Waals surface area contributed by atoms with Crippen LogP contribution >= 0.6 is 23.4 Å². The maximum Gasteiger partial charge on any atom is 0.135 e. The molecule has 2 atom stereocenters. The summed E-state index contributed by atoms with van der Waals surface area (Å²) in [6.45, 7) is 10.8. The highest BCUT2D eigenvalue weighted by Gasteiger charge is 2.24. The molecule has 0 aliphatic carbocycles. The molecule has 1 aliphatic heterocycles. The average Bonchev–Trinajstić information content (AvgIpc) is 2.26. The summed E-state index contributed by atoms with van der Waals surface area (Å²) in [6.07, 6.45) is 0. The van der Waals surface area contributed by atoms with Crippen LogP contribution in [0.3, 0.4) is 0 Å². The van der Waals surface area contributed by atoms with Gasteiger partial charge in [0, 0.05) is 35.6 Å². The van der Waals surface area contributed by atoms with E-state index in [-0.39, 0.29) is 0 Å². The predicted molar refractivity (Wildman–Crippen MR) is 79.9 cm³/mol. The van der Waals surface area contributed by atoms with E-state index in [4.69, 9.17) is 11.6 Å². The molecule has 2 rings (SSSR count). The van der Waals surface area contributed by atoms with Crippen LogP contribution in [0.25, 0.3) is 0 Å². The van der Waals surface area contributed by atoms with Gasteiger partial charge in [0.2, 0.25) is 0 Å². The maximum atomic E-state index is 6.10. The fourth-order valence-corrected chi connectivity index (χ4v) is 3.72. The quantitative estimate of drug-likeness (QED) is 0.777. The van der Waals surface area contributed by atoms with Crippen LogP contribution in [-0.2, 0) is 0 Å². The molecule has 2 heterocycles. The van der Waals surface area contributed by atoms with Crippen LogP contribution in [0.1, 0.15) is 39.4 Å². The average molecular weight is 286 g/mol. The fraction of sp³-hybridized carbons (Fsp3) is 0.692. The number of hydrogen-bond acceptors (Lipinski definition) is 4. The SMILES string of the molecule is CC1CN(c2cc(Cl)nc(C(C)C)n2)CC(C)S1. The number of halogens is 1. The van der Waals surface area contributed by atoms with Crippen molar-refractivity contribution in [3.05, 3.63) is 17.0 Å². The van der Waals surface area contributed by atoms with E-state index in [1.807, 2.05) is 17.8 Å². The second-order valence-corrected chi connectivity index (χ2v) is 7.49. The summed E-state index contributed by atoms with van der Waals surface area (Å²) in [5.41, 5.74) is 0. The van der Waals surface area contributed by atoms with E-state index in [1.165, 1.54) is 0 Å². The molecule has 0 saturated carbocycles. The Hall–Kier alpha value is -0.480. The minimum absolute atomic E-state index is 0.302. The van der Waals surface area contributed by atoms with Crippen LogP contribution in [0.2, 0.25) is 5.15 Å². The number of hydrogen-bond donors (Lipinski definition) is 0. The summed E-state index contributed by atoms with van der Waals surface area (Å²) in [5, 5.41) is 1.80. The first-order valence-electron chi connectivity index (χ1n) is 6.40. The number of thioether (sulfide) groups is 1. The van der Waals surface area contributed by atoms with Crippen molar-refractivity contribution in [1.29, 1.82) is 0 Å². The lowest BCUT2D eigenvalue weighted by atomic mass is 10.2. The van der Waals surface area contributed by atoms with Gasteiger partial charge in [-0.3, -0.25) is 0 Å². The van der Waals surface area contributed by atoms with Crippen molar-refractivity contribution in [1.82, 2.24) is 9.97 Å². The summed E-state index contributed by atoms with van der Waals surface area (Å²) < 4.78 is 0. The van der Waals surface area contributed by atoms with Crippen molar-refractivity contribution < 1.29 is 0 Å². The third kappa shape index (κ3) is 3.29. The number of aromatic nitrogens is 2. The van der Waals surface area contributed by atoms with Crippen LogP contribution < -0.4 is 4.90 Å². The van der Waals surface area contributed by atoms with E-state index in [1.54, 1.807) is 0 Å². The van der Waals surface area contributed by atoms with Crippen molar-refractivity contribution >= 4 is 29.2 Å². The molecule has 2 unspecified atom stereocenters. The summed E-state index contributed by atoms with van der Waals surface area (Å²) in [4.78, 5) is 11.3. The molecule has 18 heavy (non-hydrogen) atoms. The van der Waals surface area contributed by atoms with Gasteiger partial charge in [0.25, 0.3) is 0 Å². The lowest BCUT2D eigenvalue weighted by Gasteiger charge is -2.35. The van der Waals surface area contributed by atoms with Gasteiger partial charge < -0.3 is 4.90 Å². The molecule has 0 spiro atoms. The van der Waals surface area contributed by atoms with Gasteiger partial charge in [0.1, 0.15) is 16.8 Å². The Bertz CT molecular complexity index is 415. The smallest absolute Gasteiger partial charge is 0.135 e. The van der Waals surface area contributed by atoms with Crippen molar-refractivity contribution in [2.75, 3.05) is 18.0 Å². The number of nitrogens with zero attached hydrogens (tertiary/aromatic N) is 3. The normalized spacial score (nSPS) is 24.7. The Morgan fingerprint density at radius 2 is 1.89 bits per heavy atom. The molecule has 0 amide bonds. The van der Waals surface area contributed by atoms with Crippen molar-refractivity contribution in [3.8, 4) is 0 Å². The minimum atomic E-state index is 0.302. The van der Waals surface area contributed by atoms with E-state index in [0.717, 1.165) is 24.7 Å². The molecule has 1 fully saturated rings. The molecule has 1 aliphatic rings. The molecule has 0 bridgehead atoms. The molecule has 0 aromatic carbocycles. The van der Waals surface area contributed by atoms with Crippen LogP contribution in [0.5, 0.6) is 0 Å². The van der Waals surface area contributed by atoms with Crippen LogP contribution in [0.15, 0.2) is 6.07 Å². The van der Waals surface area contributed by atoms with Crippen molar-refractivity contribution in [2.45, 2.75) is 44.1 Å². The standard InChI is InChI=1S/C13H20ClN3S/c1-8(2)13-15-11(14)5-12(16-13)17-6-9(3)18-10(4)7-17/h5,8-10H,6-7H2,1-4H3. The van der Waals surface area contributed by atoms with Crippen molar-refractivity contribution in [2.24, 2.45) is 0 Å². The molecule has 1 aromatic heterocycles. The van der Waals surface area contributed by atoms with Gasteiger partial charge in [0.05, 0.1) is 0 Å². The molecule has 1 aromatic rings. The highest BCUT2D eigenvalue weighted by molar-refractivity contribution is 8.00. The molecule has 3 nitrogen and oxygen atoms in total. The molecule has 1 saturated heterocycles. The van der Waals surface area contributed by atoms with Gasteiger partial charge in [-0.1, -0.05) is 39.3 Å². The monoisotopic (exact) mass is 285 g/mol. The predicted octanol–water partition coefficient (Wildman–Crippen LogP) is 3.58. The Labute approximate surface area is 118 Å². The third-order valence-corrected chi connectivity index (χ3v) is 4.38. The number of anilines is 1. The molecule has 0 N–H and O–H groups in total. The second kappa shape index (κ2) is 5.66. The summed E-state index contributed by atoms with van der Waals surface area (Å²) in [5.74, 6) is 2.10. The zero-order chi connectivity index (χ0) is 13.3. The van der Waals surface area contributed by atoms with Gasteiger partial charge in [-0.15, -0.1) is 0 Å². The first kappa shape index (κ1) is 13.9. The van der Waals surface area contributed by atoms with E-state index < -0.39 is 0 Å². The molecule has 0 radical (unpaired) electrons. The first-order valence-corrected chi connectivity index (χ1v) is 7.72. The molecule has 100 valence electrons. The van der Waals surface area contributed by atoms with E-state index in [9.17, 15) is 0 Å². The summed E-state index contributed by atoms with van der Waals surface area (Å²) in [7, 11) is 0. The lowest BCUT2D eigenvalue weighted by Crippen LogP contribution is -2.41. The Morgan fingerprint density at radius 1 is 1.28 bits per heavy atom. The maximum absolute atomic E-state index is 6.10. The van der Waals surface area contributed by atoms with Crippen molar-refractivity contribution in [3.63, 3.8) is 0 Å². The van der Waals surface area contributed by atoms with Gasteiger partial charge >= 0.3 is 0 Å². The van der Waals surface area contributed by atoms with Crippen LogP contribution in [-0.4, -0.2) is 33.6 Å². The van der Waals surface area contributed by atoms with E-state index >= 15 is 0 Å². The topological polar surface area (TPSA) is 29.0 Å². The van der Waals surface area contributed by atoms with Crippen LogP contribution in [0.4, 0.5) is 5.82 Å². The number of rotatable bonds is 2. The molecular weight excluding hydrogens is 266 g/mol. The Morgan fingerprint density at radius 3 is 2.44 bits per heavy atom. The Kier molecular flexibility index (Phi) is 4.38. The lowest BCUT2D eigenvalue weighted by molar-refractivity contribution is 0.702. The zero-order valence-electron chi connectivity index (χ0n) is 11.4. The van der Waals surface area contributed by atoms with E-state index in [2.05, 4.69) is 42.6 Å². The highest BCUT2D eigenvalue weighted by atomic mass is 35.5. The minimum Gasteiger partial charge on any atom is -0.354 e. The molecule has 5 heteroatoms. The summed E-state index contributed by atoms with van der Waals surface area (Å²) in [6, 6.07) is 1.88. The second-order valence-electron chi connectivity index (χ2n) is 5.22. The van der Waals surface area contributed by atoms with Gasteiger partial charge in [-0.25, -0.2) is 9.97 Å². The first-order chi connectivity index (χ1) is 8.45. The van der Waals surface area contributed by atoms with Crippen LogP contribution in [0, 0.1) is 0 Å². The van der Waals surface area contributed by atoms with E-state index in [0.29, 0.717) is 21.6 Å². The summed E-state index contributed by atoms with van der Waals surface area (Å²) >= 11 is 8.14. The largest absolute Gasteiger partial charge is 0.354 e.